The van der Waals surface area contributed by atoms with Gasteiger partial charge < -0.3 is 10.2 Å². The van der Waals surface area contributed by atoms with Gasteiger partial charge in [0.25, 0.3) is 0 Å². The molecule has 10 heteroatoms. The fourth-order valence-corrected chi connectivity index (χ4v) is 5.00. The van der Waals surface area contributed by atoms with Gasteiger partial charge in [0.15, 0.2) is 0 Å². The van der Waals surface area contributed by atoms with Gasteiger partial charge >= 0.3 is 0 Å². The van der Waals surface area contributed by atoms with Crippen LogP contribution in [0.2, 0.25) is 5.02 Å². The Balaban J connectivity index is 2.05. The van der Waals surface area contributed by atoms with Crippen molar-refractivity contribution in [1.82, 2.24) is 10.2 Å². The number of rotatable bonds is 12. The number of sulfonamides is 1. The Morgan fingerprint density at radius 1 is 1.00 bits per heavy atom. The van der Waals surface area contributed by atoms with Gasteiger partial charge in [0.1, 0.15) is 18.4 Å². The monoisotopic (exact) mass is 559 g/mol. The van der Waals surface area contributed by atoms with E-state index in [1.807, 2.05) is 37.3 Å². The minimum Gasteiger partial charge on any atom is -0.354 e. The van der Waals surface area contributed by atoms with Crippen molar-refractivity contribution in [3.8, 4) is 0 Å². The van der Waals surface area contributed by atoms with Crippen molar-refractivity contribution in [2.45, 2.75) is 32.4 Å². The van der Waals surface area contributed by atoms with Crippen LogP contribution in [0.15, 0.2) is 78.9 Å². The second-order valence-electron chi connectivity index (χ2n) is 8.86. The van der Waals surface area contributed by atoms with Crippen LogP contribution in [-0.2, 0) is 32.6 Å². The maximum Gasteiger partial charge on any atom is 0.244 e. The first-order valence-corrected chi connectivity index (χ1v) is 14.4. The van der Waals surface area contributed by atoms with E-state index in [0.717, 1.165) is 16.1 Å². The summed E-state index contributed by atoms with van der Waals surface area (Å²) in [4.78, 5) is 28.5. The minimum atomic E-state index is -3.91. The topological polar surface area (TPSA) is 86.8 Å². The molecule has 0 aliphatic heterocycles. The number of hydrogen-bond acceptors (Lipinski definition) is 4. The summed E-state index contributed by atoms with van der Waals surface area (Å²) in [6.45, 7) is 1.48. The standard InChI is InChI=1S/C28H31ClFN3O4S/c1-3-16-31-28(35)26(17-21-10-5-4-6-11-21)32(19-22-12-7-8-15-25(22)30)27(34)20-33(38(2,36)37)24-14-9-13-23(29)18-24/h4-15,18,26H,3,16-17,19-20H2,1-2H3,(H,31,35)/t26-/m1/s1. The average molecular weight is 560 g/mol. The van der Waals surface area contributed by atoms with E-state index < -0.39 is 40.2 Å². The van der Waals surface area contributed by atoms with Crippen LogP contribution < -0.4 is 9.62 Å². The average Bonchev–Trinajstić information content (AvgIpc) is 2.88. The van der Waals surface area contributed by atoms with Gasteiger partial charge in [-0.15, -0.1) is 0 Å². The van der Waals surface area contributed by atoms with E-state index in [9.17, 15) is 22.4 Å². The van der Waals surface area contributed by atoms with Gasteiger partial charge in [-0.05, 0) is 36.2 Å². The Kier molecular flexibility index (Phi) is 10.3. The van der Waals surface area contributed by atoms with Gasteiger partial charge in [0.2, 0.25) is 21.8 Å². The molecule has 0 aromatic heterocycles. The van der Waals surface area contributed by atoms with Crippen molar-refractivity contribution in [2.24, 2.45) is 0 Å². The number of nitrogens with zero attached hydrogens (tertiary/aromatic N) is 2. The van der Waals surface area contributed by atoms with Crippen LogP contribution in [0.25, 0.3) is 0 Å². The van der Waals surface area contributed by atoms with Gasteiger partial charge in [-0.1, -0.05) is 73.1 Å². The third-order valence-electron chi connectivity index (χ3n) is 5.89. The van der Waals surface area contributed by atoms with E-state index in [2.05, 4.69) is 5.32 Å². The molecule has 0 unspecified atom stereocenters. The molecule has 0 fully saturated rings. The first kappa shape index (κ1) is 29.1. The molecular weight excluding hydrogens is 529 g/mol. The molecule has 3 aromatic rings. The van der Waals surface area contributed by atoms with Gasteiger partial charge in [0.05, 0.1) is 11.9 Å². The molecule has 0 spiro atoms. The molecule has 0 saturated carbocycles. The molecule has 0 saturated heterocycles. The zero-order valence-corrected chi connectivity index (χ0v) is 22.9. The highest BCUT2D eigenvalue weighted by atomic mass is 35.5. The largest absolute Gasteiger partial charge is 0.354 e. The highest BCUT2D eigenvalue weighted by Crippen LogP contribution is 2.23. The smallest absolute Gasteiger partial charge is 0.244 e. The fraction of sp³-hybridized carbons (Fsp3) is 0.286. The number of halogens is 2. The number of hydrogen-bond donors (Lipinski definition) is 1. The highest BCUT2D eigenvalue weighted by molar-refractivity contribution is 7.92. The van der Waals surface area contributed by atoms with Crippen molar-refractivity contribution in [3.63, 3.8) is 0 Å². The summed E-state index contributed by atoms with van der Waals surface area (Å²) in [6.07, 6.45) is 1.83. The molecule has 38 heavy (non-hydrogen) atoms. The first-order valence-electron chi connectivity index (χ1n) is 12.2. The fourth-order valence-electron chi connectivity index (χ4n) is 3.98. The molecule has 0 bridgehead atoms. The van der Waals surface area contributed by atoms with E-state index in [4.69, 9.17) is 11.6 Å². The van der Waals surface area contributed by atoms with Gasteiger partial charge in [-0.3, -0.25) is 13.9 Å². The molecule has 1 atom stereocenters. The second kappa shape index (κ2) is 13.4. The van der Waals surface area contributed by atoms with E-state index >= 15 is 0 Å². The Hall–Kier alpha value is -3.43. The molecule has 0 heterocycles. The molecule has 0 radical (unpaired) electrons. The van der Waals surface area contributed by atoms with E-state index in [1.54, 1.807) is 18.2 Å². The third kappa shape index (κ3) is 8.03. The lowest BCUT2D eigenvalue weighted by atomic mass is 10.0. The summed E-state index contributed by atoms with van der Waals surface area (Å²) >= 11 is 6.08. The summed E-state index contributed by atoms with van der Waals surface area (Å²) in [6, 6.07) is 20.2. The van der Waals surface area contributed by atoms with Gasteiger partial charge in [-0.25, -0.2) is 12.8 Å². The Morgan fingerprint density at radius 3 is 2.32 bits per heavy atom. The molecule has 7 nitrogen and oxygen atoms in total. The molecule has 3 rings (SSSR count). The number of carbonyl (C=O) groups excluding carboxylic acids is 2. The molecule has 202 valence electrons. The van der Waals surface area contributed by atoms with Crippen LogP contribution in [0.1, 0.15) is 24.5 Å². The lowest BCUT2D eigenvalue weighted by Gasteiger charge is -2.33. The van der Waals surface area contributed by atoms with E-state index in [-0.39, 0.29) is 24.2 Å². The summed E-state index contributed by atoms with van der Waals surface area (Å²) in [5.74, 6) is -1.60. The number of benzene rings is 3. The molecule has 0 aliphatic rings. The Morgan fingerprint density at radius 2 is 1.68 bits per heavy atom. The molecule has 3 aromatic carbocycles. The molecular formula is C28H31ClFN3O4S. The first-order chi connectivity index (χ1) is 18.1. The Labute approximate surface area is 228 Å². The maximum absolute atomic E-state index is 14.7. The van der Waals surface area contributed by atoms with Crippen LogP contribution in [0.4, 0.5) is 10.1 Å². The van der Waals surface area contributed by atoms with Crippen molar-refractivity contribution < 1.29 is 22.4 Å². The zero-order chi connectivity index (χ0) is 27.7. The van der Waals surface area contributed by atoms with E-state index in [0.29, 0.717) is 18.0 Å². The van der Waals surface area contributed by atoms with Crippen LogP contribution in [0.5, 0.6) is 0 Å². The highest BCUT2D eigenvalue weighted by Gasteiger charge is 2.33. The van der Waals surface area contributed by atoms with Crippen LogP contribution >= 0.6 is 11.6 Å². The zero-order valence-electron chi connectivity index (χ0n) is 21.3. The Bertz CT molecular complexity index is 1350. The van der Waals surface area contributed by atoms with Crippen molar-refractivity contribution in [2.75, 3.05) is 23.7 Å². The summed E-state index contributed by atoms with van der Waals surface area (Å²) in [5.41, 5.74) is 1.20. The van der Waals surface area contributed by atoms with Crippen LogP contribution in [0.3, 0.4) is 0 Å². The third-order valence-corrected chi connectivity index (χ3v) is 7.27. The molecule has 2 amide bonds. The van der Waals surface area contributed by atoms with E-state index in [1.165, 1.54) is 35.2 Å². The lowest BCUT2D eigenvalue weighted by molar-refractivity contribution is -0.140. The summed E-state index contributed by atoms with van der Waals surface area (Å²) in [5, 5.41) is 3.13. The number of nitrogens with one attached hydrogen (secondary N) is 1. The number of anilines is 1. The van der Waals surface area contributed by atoms with Crippen LogP contribution in [0, 0.1) is 5.82 Å². The van der Waals surface area contributed by atoms with Crippen LogP contribution in [-0.4, -0.2) is 50.5 Å². The predicted molar refractivity (Wildman–Crippen MR) is 148 cm³/mol. The number of amides is 2. The van der Waals surface area contributed by atoms with Gasteiger partial charge in [-0.2, -0.15) is 0 Å². The number of carbonyl (C=O) groups is 2. The maximum atomic E-state index is 14.7. The lowest BCUT2D eigenvalue weighted by Crippen LogP contribution is -2.53. The summed E-state index contributed by atoms with van der Waals surface area (Å²) < 4.78 is 41.1. The van der Waals surface area contributed by atoms with Crippen molar-refractivity contribution >= 4 is 39.1 Å². The molecule has 1 N–H and O–H groups in total. The van der Waals surface area contributed by atoms with Crippen molar-refractivity contribution in [1.29, 1.82) is 0 Å². The summed E-state index contributed by atoms with van der Waals surface area (Å²) in [7, 11) is -3.91. The second-order valence-corrected chi connectivity index (χ2v) is 11.2. The van der Waals surface area contributed by atoms with Gasteiger partial charge in [0, 0.05) is 30.1 Å². The SMILES string of the molecule is CCCNC(=O)[C@@H](Cc1ccccc1)N(Cc1ccccc1F)C(=O)CN(c1cccc(Cl)c1)S(C)(=O)=O. The minimum absolute atomic E-state index is 0.159. The normalized spacial score (nSPS) is 12.0. The molecule has 0 aliphatic carbocycles. The quantitative estimate of drug-likeness (QED) is 0.356. The predicted octanol–water partition coefficient (Wildman–Crippen LogP) is 4.41. The van der Waals surface area contributed by atoms with Crippen molar-refractivity contribution in [3.05, 3.63) is 101 Å².